The van der Waals surface area contributed by atoms with Gasteiger partial charge in [-0.15, -0.1) is 0 Å². The lowest BCUT2D eigenvalue weighted by molar-refractivity contribution is -0.116. The second kappa shape index (κ2) is 6.94. The Balaban J connectivity index is 1.67. The first-order chi connectivity index (χ1) is 9.96. The zero-order valence-corrected chi connectivity index (χ0v) is 13.2. The molecule has 1 fully saturated rings. The molecule has 0 aromatic heterocycles. The molecule has 4 nitrogen and oxygen atoms in total. The van der Waals surface area contributed by atoms with Gasteiger partial charge in [-0.3, -0.25) is 4.79 Å². The number of para-hydroxylation sites is 2. The van der Waals surface area contributed by atoms with Crippen molar-refractivity contribution in [2.45, 2.75) is 39.5 Å². The lowest BCUT2D eigenvalue weighted by Gasteiger charge is -2.36. The zero-order chi connectivity index (χ0) is 15.3. The fourth-order valence-electron chi connectivity index (χ4n) is 2.67. The van der Waals surface area contributed by atoms with Crippen LogP contribution in [-0.2, 0) is 4.79 Å². The van der Waals surface area contributed by atoms with E-state index in [0.29, 0.717) is 23.2 Å². The minimum Gasteiger partial charge on any atom is -0.397 e. The summed E-state index contributed by atoms with van der Waals surface area (Å²) >= 11 is 0. The van der Waals surface area contributed by atoms with E-state index in [1.165, 1.54) is 12.8 Å². The van der Waals surface area contributed by atoms with Gasteiger partial charge in [-0.1, -0.05) is 26.0 Å². The molecule has 1 aliphatic rings. The van der Waals surface area contributed by atoms with E-state index in [1.807, 2.05) is 18.2 Å². The molecule has 2 rings (SSSR count). The fourth-order valence-corrected chi connectivity index (χ4v) is 2.67. The molecule has 1 amide bonds. The van der Waals surface area contributed by atoms with Crippen LogP contribution in [0.2, 0.25) is 0 Å². The summed E-state index contributed by atoms with van der Waals surface area (Å²) in [4.78, 5) is 14.4. The Morgan fingerprint density at radius 1 is 1.29 bits per heavy atom. The SMILES string of the molecule is CC1(C)CCN(CCCC(=O)Nc2ccccc2N)CC1. The fraction of sp³-hybridized carbons (Fsp3) is 0.588. The maximum Gasteiger partial charge on any atom is 0.224 e. The van der Waals surface area contributed by atoms with Crippen LogP contribution in [0, 0.1) is 5.41 Å². The van der Waals surface area contributed by atoms with Gasteiger partial charge in [-0.25, -0.2) is 0 Å². The number of nitrogens with zero attached hydrogens (tertiary/aromatic N) is 1. The summed E-state index contributed by atoms with van der Waals surface area (Å²) in [6.07, 6.45) is 3.95. The van der Waals surface area contributed by atoms with Crippen molar-refractivity contribution >= 4 is 17.3 Å². The molecule has 1 aromatic rings. The van der Waals surface area contributed by atoms with E-state index in [0.717, 1.165) is 26.1 Å². The van der Waals surface area contributed by atoms with Crippen molar-refractivity contribution in [2.24, 2.45) is 5.41 Å². The maximum atomic E-state index is 11.9. The van der Waals surface area contributed by atoms with E-state index in [-0.39, 0.29) is 5.91 Å². The number of carbonyl (C=O) groups excluding carboxylic acids is 1. The van der Waals surface area contributed by atoms with Crippen LogP contribution >= 0.6 is 0 Å². The molecule has 1 saturated heterocycles. The van der Waals surface area contributed by atoms with E-state index in [9.17, 15) is 4.79 Å². The largest absolute Gasteiger partial charge is 0.397 e. The first kappa shape index (κ1) is 15.8. The Bertz CT molecular complexity index is 475. The molecule has 0 radical (unpaired) electrons. The van der Waals surface area contributed by atoms with Crippen molar-refractivity contribution in [3.63, 3.8) is 0 Å². The van der Waals surface area contributed by atoms with E-state index < -0.39 is 0 Å². The van der Waals surface area contributed by atoms with Gasteiger partial charge in [-0.05, 0) is 56.4 Å². The third-order valence-electron chi connectivity index (χ3n) is 4.32. The van der Waals surface area contributed by atoms with Gasteiger partial charge in [-0.2, -0.15) is 0 Å². The summed E-state index contributed by atoms with van der Waals surface area (Å²) in [6.45, 7) is 7.98. The van der Waals surface area contributed by atoms with Crippen molar-refractivity contribution in [1.29, 1.82) is 0 Å². The van der Waals surface area contributed by atoms with Crippen molar-refractivity contribution in [2.75, 3.05) is 30.7 Å². The molecule has 4 heteroatoms. The van der Waals surface area contributed by atoms with Crippen molar-refractivity contribution < 1.29 is 4.79 Å². The van der Waals surface area contributed by atoms with Gasteiger partial charge < -0.3 is 16.0 Å². The molecule has 0 unspecified atom stereocenters. The standard InChI is InChI=1S/C17H27N3O/c1-17(2)9-12-20(13-10-17)11-5-8-16(21)19-15-7-4-3-6-14(15)18/h3-4,6-7H,5,8-13,18H2,1-2H3,(H,19,21). The van der Waals surface area contributed by atoms with Gasteiger partial charge in [0.05, 0.1) is 11.4 Å². The minimum absolute atomic E-state index is 0.0465. The zero-order valence-electron chi connectivity index (χ0n) is 13.2. The molecule has 1 aromatic carbocycles. The average Bonchev–Trinajstić information content (AvgIpc) is 2.43. The Morgan fingerprint density at radius 2 is 1.95 bits per heavy atom. The Labute approximate surface area is 127 Å². The molecule has 0 spiro atoms. The van der Waals surface area contributed by atoms with Gasteiger partial charge in [0.1, 0.15) is 0 Å². The lowest BCUT2D eigenvalue weighted by atomic mass is 9.82. The Hall–Kier alpha value is -1.55. The van der Waals surface area contributed by atoms with Gasteiger partial charge in [0.25, 0.3) is 0 Å². The second-order valence-corrected chi connectivity index (χ2v) is 6.74. The highest BCUT2D eigenvalue weighted by Gasteiger charge is 2.24. The summed E-state index contributed by atoms with van der Waals surface area (Å²) in [5, 5.41) is 2.88. The number of nitrogen functional groups attached to an aromatic ring is 1. The maximum absolute atomic E-state index is 11.9. The third-order valence-corrected chi connectivity index (χ3v) is 4.32. The lowest BCUT2D eigenvalue weighted by Crippen LogP contribution is -2.38. The summed E-state index contributed by atoms with van der Waals surface area (Å²) in [5.74, 6) is 0.0465. The normalized spacial score (nSPS) is 18.4. The topological polar surface area (TPSA) is 58.4 Å². The molecule has 0 aliphatic carbocycles. The average molecular weight is 289 g/mol. The number of piperidine rings is 1. The number of hydrogen-bond acceptors (Lipinski definition) is 3. The van der Waals surface area contributed by atoms with Gasteiger partial charge in [0.15, 0.2) is 0 Å². The first-order valence-corrected chi connectivity index (χ1v) is 7.83. The molecule has 116 valence electrons. The van der Waals surface area contributed by atoms with Gasteiger partial charge >= 0.3 is 0 Å². The predicted molar refractivity (Wildman–Crippen MR) is 88.2 cm³/mol. The number of hydrogen-bond donors (Lipinski definition) is 2. The molecule has 0 atom stereocenters. The predicted octanol–water partition coefficient (Wildman–Crippen LogP) is 3.11. The highest BCUT2D eigenvalue weighted by atomic mass is 16.1. The first-order valence-electron chi connectivity index (χ1n) is 7.83. The smallest absolute Gasteiger partial charge is 0.224 e. The summed E-state index contributed by atoms with van der Waals surface area (Å²) in [6, 6.07) is 7.37. The van der Waals surface area contributed by atoms with Crippen LogP contribution in [0.1, 0.15) is 39.5 Å². The van der Waals surface area contributed by atoms with Gasteiger partial charge in [0.2, 0.25) is 5.91 Å². The molecular formula is C17H27N3O. The summed E-state index contributed by atoms with van der Waals surface area (Å²) in [7, 11) is 0. The molecule has 21 heavy (non-hydrogen) atoms. The van der Waals surface area contributed by atoms with Crippen LogP contribution in [0.25, 0.3) is 0 Å². The number of amides is 1. The van der Waals surface area contributed by atoms with Crippen molar-refractivity contribution in [3.05, 3.63) is 24.3 Å². The number of carbonyl (C=O) groups is 1. The van der Waals surface area contributed by atoms with E-state index >= 15 is 0 Å². The number of benzene rings is 1. The molecule has 1 heterocycles. The molecule has 0 bridgehead atoms. The van der Waals surface area contributed by atoms with Crippen LogP contribution in [0.4, 0.5) is 11.4 Å². The molecule has 0 saturated carbocycles. The van der Waals surface area contributed by atoms with Crippen LogP contribution in [0.3, 0.4) is 0 Å². The van der Waals surface area contributed by atoms with Crippen LogP contribution in [0.5, 0.6) is 0 Å². The highest BCUT2D eigenvalue weighted by Crippen LogP contribution is 2.29. The van der Waals surface area contributed by atoms with Crippen molar-refractivity contribution in [1.82, 2.24) is 4.90 Å². The van der Waals surface area contributed by atoms with Crippen molar-refractivity contribution in [3.8, 4) is 0 Å². The number of anilines is 2. The number of likely N-dealkylation sites (tertiary alicyclic amines) is 1. The van der Waals surface area contributed by atoms with Crippen LogP contribution < -0.4 is 11.1 Å². The number of rotatable bonds is 5. The van der Waals surface area contributed by atoms with E-state index in [1.54, 1.807) is 6.07 Å². The van der Waals surface area contributed by atoms with E-state index in [2.05, 4.69) is 24.1 Å². The molecular weight excluding hydrogens is 262 g/mol. The van der Waals surface area contributed by atoms with Crippen LogP contribution in [-0.4, -0.2) is 30.4 Å². The van der Waals surface area contributed by atoms with E-state index in [4.69, 9.17) is 5.73 Å². The summed E-state index contributed by atoms with van der Waals surface area (Å²) < 4.78 is 0. The minimum atomic E-state index is 0.0465. The molecule has 3 N–H and O–H groups in total. The molecule has 1 aliphatic heterocycles. The second-order valence-electron chi connectivity index (χ2n) is 6.74. The Kier molecular flexibility index (Phi) is 5.23. The van der Waals surface area contributed by atoms with Gasteiger partial charge in [0, 0.05) is 6.42 Å². The monoisotopic (exact) mass is 289 g/mol. The summed E-state index contributed by atoms with van der Waals surface area (Å²) in [5.41, 5.74) is 7.63. The van der Waals surface area contributed by atoms with Crippen LogP contribution in [0.15, 0.2) is 24.3 Å². The highest BCUT2D eigenvalue weighted by molar-refractivity contribution is 5.93. The quantitative estimate of drug-likeness (QED) is 0.819. The number of nitrogens with two attached hydrogens (primary N) is 1. The number of nitrogens with one attached hydrogen (secondary N) is 1. The Morgan fingerprint density at radius 3 is 2.62 bits per heavy atom. The third kappa shape index (κ3) is 5.05.